The molecular formula is C17H14ClF3N2O3. The van der Waals surface area contributed by atoms with Gasteiger partial charge in [-0.3, -0.25) is 4.79 Å². The van der Waals surface area contributed by atoms with Crippen LogP contribution in [0.1, 0.15) is 12.5 Å². The van der Waals surface area contributed by atoms with Gasteiger partial charge in [0.25, 0.3) is 5.91 Å². The van der Waals surface area contributed by atoms with Gasteiger partial charge in [-0.2, -0.15) is 0 Å². The first-order chi connectivity index (χ1) is 12.2. The zero-order chi connectivity index (χ0) is 19.2. The van der Waals surface area contributed by atoms with Crippen LogP contribution < -0.4 is 10.1 Å². The molecule has 0 unspecified atom stereocenters. The minimum absolute atomic E-state index is 0.298. The van der Waals surface area contributed by atoms with Gasteiger partial charge < -0.3 is 14.9 Å². The Kier molecular flexibility index (Phi) is 6.46. The predicted molar refractivity (Wildman–Crippen MR) is 91.4 cm³/mol. The summed E-state index contributed by atoms with van der Waals surface area (Å²) in [4.78, 5) is 16.7. The maximum absolute atomic E-state index is 12.1. The molecule has 0 radical (unpaired) electrons. The standard InChI is InChI=1S/C17H14ClF3N2O3/c1-11(12-2-4-13(18)5-3-12)23-25-10-16(24)22-14-6-8-15(9-7-14)26-17(19,20)21/h2-9H,10H2,1H3,(H,22,24)/b23-11-. The van der Waals surface area contributed by atoms with Gasteiger partial charge in [-0.05, 0) is 48.9 Å². The number of ether oxygens (including phenoxy) is 1. The molecule has 0 aliphatic carbocycles. The summed E-state index contributed by atoms with van der Waals surface area (Å²) in [6.07, 6.45) is -4.77. The van der Waals surface area contributed by atoms with E-state index >= 15 is 0 Å². The van der Waals surface area contributed by atoms with Crippen molar-refractivity contribution < 1.29 is 27.5 Å². The highest BCUT2D eigenvalue weighted by molar-refractivity contribution is 6.30. The third-order valence-electron chi connectivity index (χ3n) is 3.03. The van der Waals surface area contributed by atoms with E-state index in [4.69, 9.17) is 16.4 Å². The largest absolute Gasteiger partial charge is 0.573 e. The fourth-order valence-corrected chi connectivity index (χ4v) is 1.99. The van der Waals surface area contributed by atoms with Crippen molar-refractivity contribution in [2.75, 3.05) is 11.9 Å². The molecular weight excluding hydrogens is 373 g/mol. The van der Waals surface area contributed by atoms with Crippen LogP contribution in [0.15, 0.2) is 53.7 Å². The monoisotopic (exact) mass is 386 g/mol. The quantitative estimate of drug-likeness (QED) is 0.582. The van der Waals surface area contributed by atoms with E-state index in [1.54, 1.807) is 31.2 Å². The second-order valence-electron chi connectivity index (χ2n) is 5.08. The Labute approximate surface area is 152 Å². The van der Waals surface area contributed by atoms with Gasteiger partial charge in [0.05, 0.1) is 5.71 Å². The van der Waals surface area contributed by atoms with Crippen molar-refractivity contribution >= 4 is 28.9 Å². The van der Waals surface area contributed by atoms with Crippen LogP contribution in [0.4, 0.5) is 18.9 Å². The van der Waals surface area contributed by atoms with E-state index in [1.165, 1.54) is 12.1 Å². The number of halogens is 4. The molecule has 1 amide bonds. The summed E-state index contributed by atoms with van der Waals surface area (Å²) in [5, 5.41) is 6.88. The molecule has 0 heterocycles. The maximum Gasteiger partial charge on any atom is 0.573 e. The van der Waals surface area contributed by atoms with Crippen LogP contribution in [0.2, 0.25) is 5.02 Å². The average Bonchev–Trinajstić information content (AvgIpc) is 2.56. The third-order valence-corrected chi connectivity index (χ3v) is 3.28. The van der Waals surface area contributed by atoms with Crippen LogP contribution >= 0.6 is 11.6 Å². The Bertz CT molecular complexity index is 775. The highest BCUT2D eigenvalue weighted by Crippen LogP contribution is 2.23. The van der Waals surface area contributed by atoms with Crippen molar-refractivity contribution in [3.63, 3.8) is 0 Å². The van der Waals surface area contributed by atoms with E-state index < -0.39 is 12.3 Å². The first-order valence-corrected chi connectivity index (χ1v) is 7.69. The second kappa shape index (κ2) is 8.57. The molecule has 0 saturated heterocycles. The topological polar surface area (TPSA) is 59.9 Å². The molecule has 0 aliphatic rings. The van der Waals surface area contributed by atoms with Crippen molar-refractivity contribution in [1.82, 2.24) is 0 Å². The summed E-state index contributed by atoms with van der Waals surface area (Å²) in [6.45, 7) is 1.35. The highest BCUT2D eigenvalue weighted by Gasteiger charge is 2.30. The minimum Gasteiger partial charge on any atom is -0.406 e. The third kappa shape index (κ3) is 6.64. The number of benzene rings is 2. The molecule has 1 N–H and O–H groups in total. The lowest BCUT2D eigenvalue weighted by Gasteiger charge is -2.09. The molecule has 0 spiro atoms. The lowest BCUT2D eigenvalue weighted by atomic mass is 10.1. The number of oxime groups is 1. The fourth-order valence-electron chi connectivity index (χ4n) is 1.87. The molecule has 9 heteroatoms. The number of carbonyl (C=O) groups excluding carboxylic acids is 1. The maximum atomic E-state index is 12.1. The number of hydrogen-bond donors (Lipinski definition) is 1. The van der Waals surface area contributed by atoms with Crippen LogP contribution in [0.3, 0.4) is 0 Å². The SMILES string of the molecule is C/C(=N/OCC(=O)Nc1ccc(OC(F)(F)F)cc1)c1ccc(Cl)cc1. The molecule has 0 atom stereocenters. The molecule has 26 heavy (non-hydrogen) atoms. The van der Waals surface area contributed by atoms with Gasteiger partial charge >= 0.3 is 6.36 Å². The van der Waals surface area contributed by atoms with E-state index in [0.717, 1.165) is 17.7 Å². The molecule has 0 bridgehead atoms. The smallest absolute Gasteiger partial charge is 0.406 e. The van der Waals surface area contributed by atoms with Crippen LogP contribution in [0.5, 0.6) is 5.75 Å². The van der Waals surface area contributed by atoms with Crippen molar-refractivity contribution in [3.05, 3.63) is 59.1 Å². The Balaban J connectivity index is 1.83. The summed E-state index contributed by atoms with van der Waals surface area (Å²) in [5.41, 5.74) is 1.64. The Morgan fingerprint density at radius 1 is 1.12 bits per heavy atom. The molecule has 0 fully saturated rings. The summed E-state index contributed by atoms with van der Waals surface area (Å²) < 4.78 is 40.0. The lowest BCUT2D eigenvalue weighted by Crippen LogP contribution is -2.18. The second-order valence-corrected chi connectivity index (χ2v) is 5.51. The first-order valence-electron chi connectivity index (χ1n) is 7.31. The van der Waals surface area contributed by atoms with Gasteiger partial charge in [0, 0.05) is 10.7 Å². The van der Waals surface area contributed by atoms with Gasteiger partial charge in [0.2, 0.25) is 0 Å². The first kappa shape index (κ1) is 19.6. The summed E-state index contributed by atoms with van der Waals surface area (Å²) >= 11 is 5.79. The lowest BCUT2D eigenvalue weighted by molar-refractivity contribution is -0.274. The van der Waals surface area contributed by atoms with E-state index in [-0.39, 0.29) is 12.4 Å². The van der Waals surface area contributed by atoms with Gasteiger partial charge in [-0.25, -0.2) is 0 Å². The Hall–Kier alpha value is -2.74. The molecule has 2 aromatic rings. The number of alkyl halides is 3. The molecule has 0 saturated carbocycles. The van der Waals surface area contributed by atoms with E-state index in [9.17, 15) is 18.0 Å². The van der Waals surface area contributed by atoms with E-state index in [2.05, 4.69) is 15.2 Å². The van der Waals surface area contributed by atoms with E-state index in [0.29, 0.717) is 16.4 Å². The Morgan fingerprint density at radius 3 is 2.31 bits per heavy atom. The highest BCUT2D eigenvalue weighted by atomic mass is 35.5. The molecule has 0 aliphatic heterocycles. The van der Waals surface area contributed by atoms with Gasteiger partial charge in [-0.15, -0.1) is 13.2 Å². The van der Waals surface area contributed by atoms with Crippen LogP contribution in [0.25, 0.3) is 0 Å². The van der Waals surface area contributed by atoms with Crippen molar-refractivity contribution in [1.29, 1.82) is 0 Å². The average molecular weight is 387 g/mol. The number of carbonyl (C=O) groups is 1. The predicted octanol–water partition coefficient (Wildman–Crippen LogP) is 4.62. The Morgan fingerprint density at radius 2 is 1.73 bits per heavy atom. The number of hydrogen-bond acceptors (Lipinski definition) is 4. The van der Waals surface area contributed by atoms with Crippen molar-refractivity contribution in [2.45, 2.75) is 13.3 Å². The number of nitrogens with one attached hydrogen (secondary N) is 1. The number of nitrogens with zero attached hydrogens (tertiary/aromatic N) is 1. The van der Waals surface area contributed by atoms with Gasteiger partial charge in [0.15, 0.2) is 6.61 Å². The minimum atomic E-state index is -4.77. The molecule has 0 aromatic heterocycles. The molecule has 2 aromatic carbocycles. The van der Waals surface area contributed by atoms with Crippen LogP contribution in [-0.2, 0) is 9.63 Å². The zero-order valence-electron chi connectivity index (χ0n) is 13.5. The fraction of sp³-hybridized carbons (Fsp3) is 0.176. The summed E-state index contributed by atoms with van der Waals surface area (Å²) in [6, 6.07) is 11.7. The number of amides is 1. The molecule has 5 nitrogen and oxygen atoms in total. The van der Waals surface area contributed by atoms with Crippen molar-refractivity contribution in [2.24, 2.45) is 5.16 Å². The van der Waals surface area contributed by atoms with Crippen LogP contribution in [-0.4, -0.2) is 24.6 Å². The van der Waals surface area contributed by atoms with E-state index in [1.807, 2.05) is 0 Å². The number of anilines is 1. The normalized spacial score (nSPS) is 11.8. The van der Waals surface area contributed by atoms with Gasteiger partial charge in [-0.1, -0.05) is 28.9 Å². The number of rotatable bonds is 6. The van der Waals surface area contributed by atoms with Gasteiger partial charge in [0.1, 0.15) is 5.75 Å². The van der Waals surface area contributed by atoms with Crippen LogP contribution in [0, 0.1) is 0 Å². The summed E-state index contributed by atoms with van der Waals surface area (Å²) in [7, 11) is 0. The summed E-state index contributed by atoms with van der Waals surface area (Å²) in [5.74, 6) is -0.892. The van der Waals surface area contributed by atoms with Crippen molar-refractivity contribution in [3.8, 4) is 5.75 Å². The molecule has 138 valence electrons. The molecule has 2 rings (SSSR count). The zero-order valence-corrected chi connectivity index (χ0v) is 14.3.